The molecule has 2 aromatic carbocycles. The molecule has 0 bridgehead atoms. The quantitative estimate of drug-likeness (QED) is 0.900. The number of para-hydroxylation sites is 1. The molecule has 0 spiro atoms. The van der Waals surface area contributed by atoms with Gasteiger partial charge in [-0.05, 0) is 42.8 Å². The van der Waals surface area contributed by atoms with E-state index >= 15 is 0 Å². The number of anilines is 2. The van der Waals surface area contributed by atoms with Gasteiger partial charge in [-0.15, -0.1) is 0 Å². The molecule has 0 aliphatic carbocycles. The Morgan fingerprint density at radius 3 is 2.53 bits per heavy atom. The number of benzene rings is 2. The Morgan fingerprint density at radius 2 is 1.84 bits per heavy atom. The van der Waals surface area contributed by atoms with Gasteiger partial charge in [-0.3, -0.25) is 4.79 Å². The van der Waals surface area contributed by atoms with Crippen molar-refractivity contribution in [3.63, 3.8) is 0 Å². The van der Waals surface area contributed by atoms with Crippen LogP contribution in [0.4, 0.5) is 11.4 Å². The van der Waals surface area contributed by atoms with E-state index in [9.17, 15) is 4.79 Å². The van der Waals surface area contributed by atoms with Crippen LogP contribution in [0.5, 0.6) is 0 Å². The Balaban J connectivity index is 1.88. The summed E-state index contributed by atoms with van der Waals surface area (Å²) in [6.45, 7) is 2.26. The SMILES string of the molecule is Cc1cc(NCC(=O)Nc2ccccc2)ccc1Br. The van der Waals surface area contributed by atoms with Crippen LogP contribution in [0.1, 0.15) is 5.56 Å². The molecule has 4 heteroatoms. The van der Waals surface area contributed by atoms with Gasteiger partial charge in [0.25, 0.3) is 0 Å². The molecule has 2 aromatic rings. The summed E-state index contributed by atoms with van der Waals surface area (Å²) in [5, 5.41) is 5.93. The molecule has 0 unspecified atom stereocenters. The number of rotatable bonds is 4. The van der Waals surface area contributed by atoms with Crippen LogP contribution in [0.25, 0.3) is 0 Å². The first-order valence-electron chi connectivity index (χ1n) is 6.00. The average Bonchev–Trinajstić information content (AvgIpc) is 2.41. The summed E-state index contributed by atoms with van der Waals surface area (Å²) in [6.07, 6.45) is 0. The van der Waals surface area contributed by atoms with Gasteiger partial charge >= 0.3 is 0 Å². The highest BCUT2D eigenvalue weighted by Gasteiger charge is 2.02. The van der Waals surface area contributed by atoms with Gasteiger partial charge in [-0.2, -0.15) is 0 Å². The molecule has 0 atom stereocenters. The van der Waals surface area contributed by atoms with Gasteiger partial charge < -0.3 is 10.6 Å². The minimum atomic E-state index is -0.0632. The second-order valence-electron chi connectivity index (χ2n) is 4.23. The van der Waals surface area contributed by atoms with Gasteiger partial charge in [0.15, 0.2) is 0 Å². The van der Waals surface area contributed by atoms with Gasteiger partial charge in [-0.25, -0.2) is 0 Å². The number of hydrogen-bond acceptors (Lipinski definition) is 2. The zero-order valence-corrected chi connectivity index (χ0v) is 12.2. The van der Waals surface area contributed by atoms with E-state index < -0.39 is 0 Å². The first-order valence-corrected chi connectivity index (χ1v) is 6.79. The Morgan fingerprint density at radius 1 is 1.11 bits per heavy atom. The van der Waals surface area contributed by atoms with Gasteiger partial charge in [-0.1, -0.05) is 34.1 Å². The molecule has 2 rings (SSSR count). The molecule has 0 radical (unpaired) electrons. The molecule has 3 nitrogen and oxygen atoms in total. The number of carbonyl (C=O) groups excluding carboxylic acids is 1. The Kier molecular flexibility index (Phi) is 4.58. The topological polar surface area (TPSA) is 41.1 Å². The van der Waals surface area contributed by atoms with Crippen molar-refractivity contribution in [1.29, 1.82) is 0 Å². The van der Waals surface area contributed by atoms with E-state index in [0.29, 0.717) is 0 Å². The van der Waals surface area contributed by atoms with Crippen LogP contribution in [-0.4, -0.2) is 12.5 Å². The van der Waals surface area contributed by atoms with Crippen LogP contribution in [0.15, 0.2) is 53.0 Å². The monoisotopic (exact) mass is 318 g/mol. The summed E-state index contributed by atoms with van der Waals surface area (Å²) in [5.74, 6) is -0.0632. The normalized spacial score (nSPS) is 10.0. The predicted molar refractivity (Wildman–Crippen MR) is 82.4 cm³/mol. The molecular formula is C15H15BrN2O. The predicted octanol–water partition coefficient (Wildman–Crippen LogP) is 3.81. The molecule has 0 heterocycles. The number of halogens is 1. The maximum atomic E-state index is 11.8. The minimum Gasteiger partial charge on any atom is -0.376 e. The van der Waals surface area contributed by atoms with E-state index in [-0.39, 0.29) is 12.5 Å². The molecule has 2 N–H and O–H groups in total. The summed E-state index contributed by atoms with van der Waals surface area (Å²) in [6, 6.07) is 15.3. The molecule has 0 aromatic heterocycles. The standard InChI is InChI=1S/C15H15BrN2O/c1-11-9-13(7-8-14(11)16)17-10-15(19)18-12-5-3-2-4-6-12/h2-9,17H,10H2,1H3,(H,18,19). The third-order valence-corrected chi connectivity index (χ3v) is 3.56. The number of amides is 1. The highest BCUT2D eigenvalue weighted by atomic mass is 79.9. The Labute approximate surface area is 121 Å². The van der Waals surface area contributed by atoms with Crippen LogP contribution >= 0.6 is 15.9 Å². The van der Waals surface area contributed by atoms with E-state index in [2.05, 4.69) is 26.6 Å². The van der Waals surface area contributed by atoms with Crippen LogP contribution in [0.3, 0.4) is 0 Å². The smallest absolute Gasteiger partial charge is 0.243 e. The fourth-order valence-corrected chi connectivity index (χ4v) is 1.91. The molecule has 0 aliphatic rings. The highest BCUT2D eigenvalue weighted by Crippen LogP contribution is 2.19. The zero-order valence-electron chi connectivity index (χ0n) is 10.6. The van der Waals surface area contributed by atoms with Crippen molar-refractivity contribution in [2.45, 2.75) is 6.92 Å². The lowest BCUT2D eigenvalue weighted by Gasteiger charge is -2.09. The summed E-state index contributed by atoms with van der Waals surface area (Å²) in [5.41, 5.74) is 2.87. The number of hydrogen-bond donors (Lipinski definition) is 2. The molecule has 0 fully saturated rings. The highest BCUT2D eigenvalue weighted by molar-refractivity contribution is 9.10. The third kappa shape index (κ3) is 4.10. The summed E-state index contributed by atoms with van der Waals surface area (Å²) < 4.78 is 1.06. The number of aryl methyl sites for hydroxylation is 1. The first kappa shape index (κ1) is 13.6. The van der Waals surface area contributed by atoms with Gasteiger partial charge in [0.2, 0.25) is 5.91 Å². The molecule has 0 saturated carbocycles. The molecule has 0 aliphatic heterocycles. The van der Waals surface area contributed by atoms with Crippen LogP contribution in [-0.2, 0) is 4.79 Å². The van der Waals surface area contributed by atoms with Crippen molar-refractivity contribution in [3.8, 4) is 0 Å². The Hall–Kier alpha value is -1.81. The summed E-state index contributed by atoms with van der Waals surface area (Å²) >= 11 is 3.45. The van der Waals surface area contributed by atoms with Crippen LogP contribution in [0, 0.1) is 6.92 Å². The van der Waals surface area contributed by atoms with Crippen molar-refractivity contribution in [2.24, 2.45) is 0 Å². The van der Waals surface area contributed by atoms with Gasteiger partial charge in [0, 0.05) is 15.8 Å². The van der Waals surface area contributed by atoms with Crippen molar-refractivity contribution >= 4 is 33.2 Å². The number of nitrogens with one attached hydrogen (secondary N) is 2. The molecule has 98 valence electrons. The second kappa shape index (κ2) is 6.38. The maximum absolute atomic E-state index is 11.8. The van der Waals surface area contributed by atoms with Gasteiger partial charge in [0.1, 0.15) is 0 Å². The lowest BCUT2D eigenvalue weighted by molar-refractivity contribution is -0.114. The van der Waals surface area contributed by atoms with Crippen LogP contribution in [0.2, 0.25) is 0 Å². The Bertz CT molecular complexity index is 570. The number of carbonyl (C=O) groups is 1. The lowest BCUT2D eigenvalue weighted by atomic mass is 10.2. The molecule has 0 saturated heterocycles. The summed E-state index contributed by atoms with van der Waals surface area (Å²) in [4.78, 5) is 11.8. The van der Waals surface area contributed by atoms with Crippen LogP contribution < -0.4 is 10.6 Å². The fourth-order valence-electron chi connectivity index (χ4n) is 1.66. The van der Waals surface area contributed by atoms with Crippen molar-refractivity contribution in [3.05, 3.63) is 58.6 Å². The lowest BCUT2D eigenvalue weighted by Crippen LogP contribution is -2.21. The van der Waals surface area contributed by atoms with Gasteiger partial charge in [0.05, 0.1) is 6.54 Å². The fraction of sp³-hybridized carbons (Fsp3) is 0.133. The van der Waals surface area contributed by atoms with E-state index in [0.717, 1.165) is 21.4 Å². The third-order valence-electron chi connectivity index (χ3n) is 2.67. The van der Waals surface area contributed by atoms with E-state index in [1.165, 1.54) is 0 Å². The van der Waals surface area contributed by atoms with E-state index in [1.54, 1.807) is 0 Å². The molecule has 19 heavy (non-hydrogen) atoms. The van der Waals surface area contributed by atoms with E-state index in [4.69, 9.17) is 0 Å². The van der Waals surface area contributed by atoms with Crippen molar-refractivity contribution in [1.82, 2.24) is 0 Å². The van der Waals surface area contributed by atoms with Crippen molar-refractivity contribution in [2.75, 3.05) is 17.2 Å². The summed E-state index contributed by atoms with van der Waals surface area (Å²) in [7, 11) is 0. The molecule has 1 amide bonds. The second-order valence-corrected chi connectivity index (χ2v) is 5.09. The minimum absolute atomic E-state index is 0.0632. The molecular weight excluding hydrogens is 304 g/mol. The largest absolute Gasteiger partial charge is 0.376 e. The average molecular weight is 319 g/mol. The first-order chi connectivity index (χ1) is 9.15. The van der Waals surface area contributed by atoms with Crippen molar-refractivity contribution < 1.29 is 4.79 Å². The zero-order chi connectivity index (χ0) is 13.7. The van der Waals surface area contributed by atoms with E-state index in [1.807, 2.05) is 55.5 Å². The maximum Gasteiger partial charge on any atom is 0.243 e.